The molecule has 0 atom stereocenters. The van der Waals surface area contributed by atoms with Crippen molar-refractivity contribution in [3.8, 4) is 45.8 Å². The molecular weight excluding hydrogens is 508 g/mol. The van der Waals surface area contributed by atoms with Gasteiger partial charge >= 0.3 is 5.63 Å². The number of benzene rings is 3. The third-order valence-electron chi connectivity index (χ3n) is 5.52. The molecule has 2 heterocycles. The van der Waals surface area contributed by atoms with Crippen LogP contribution in [0.1, 0.15) is 13.8 Å². The maximum atomic E-state index is 12.1. The molecule has 0 aliphatic heterocycles. The summed E-state index contributed by atoms with van der Waals surface area (Å²) in [5.74, 6) is -1.28. The first-order valence-corrected chi connectivity index (χ1v) is 11.6. The second-order valence-electron chi connectivity index (χ2n) is 8.70. The van der Waals surface area contributed by atoms with E-state index >= 15 is 0 Å². The highest BCUT2D eigenvalue weighted by Gasteiger charge is 2.17. The highest BCUT2D eigenvalue weighted by Crippen LogP contribution is 2.35. The minimum atomic E-state index is -0.654. The van der Waals surface area contributed by atoms with Crippen molar-refractivity contribution in [2.75, 3.05) is 6.61 Å². The zero-order valence-electron chi connectivity index (χ0n) is 20.8. The zero-order chi connectivity index (χ0) is 28.3. The Labute approximate surface area is 220 Å². The fraction of sp³-hybridized carbons (Fsp3) is 0.103. The smallest absolute Gasteiger partial charge is 0.336 e. The van der Waals surface area contributed by atoms with Crippen LogP contribution in [0.2, 0.25) is 0 Å². The van der Waals surface area contributed by atoms with Gasteiger partial charge in [0.05, 0.1) is 5.39 Å². The van der Waals surface area contributed by atoms with Crippen molar-refractivity contribution in [2.24, 2.45) is 0 Å². The highest BCUT2D eigenvalue weighted by molar-refractivity contribution is 5.83. The van der Waals surface area contributed by atoms with Crippen molar-refractivity contribution in [1.29, 1.82) is 0 Å². The molecule has 0 unspecified atom stereocenters. The van der Waals surface area contributed by atoms with Gasteiger partial charge in [-0.25, -0.2) is 4.79 Å². The summed E-state index contributed by atoms with van der Waals surface area (Å²) in [4.78, 5) is 23.2. The van der Waals surface area contributed by atoms with E-state index in [0.29, 0.717) is 23.3 Å². The Morgan fingerprint density at radius 3 is 2.28 bits per heavy atom. The van der Waals surface area contributed by atoms with Gasteiger partial charge in [0.1, 0.15) is 23.5 Å². The molecule has 10 heteroatoms. The number of ether oxygens (including phenoxy) is 1. The fourth-order valence-corrected chi connectivity index (χ4v) is 3.53. The van der Waals surface area contributed by atoms with E-state index in [1.807, 2.05) is 19.9 Å². The Hall–Kier alpha value is -5.38. The molecule has 200 valence electrons. The highest BCUT2D eigenvalue weighted by atomic mass is 16.5. The number of hydrogen-bond acceptors (Lipinski definition) is 10. The molecular formula is C29H24O10. The Morgan fingerprint density at radius 2 is 1.56 bits per heavy atom. The predicted molar refractivity (Wildman–Crippen MR) is 144 cm³/mol. The van der Waals surface area contributed by atoms with E-state index in [9.17, 15) is 35.1 Å². The summed E-state index contributed by atoms with van der Waals surface area (Å²) < 4.78 is 15.9. The lowest BCUT2D eigenvalue weighted by molar-refractivity contribution is 0.335. The Bertz CT molecular complexity index is 1830. The molecule has 0 saturated heterocycles. The number of allylic oxidation sites excluding steroid dienone is 1. The first-order valence-electron chi connectivity index (χ1n) is 11.6. The van der Waals surface area contributed by atoms with Crippen molar-refractivity contribution in [3.63, 3.8) is 0 Å². The summed E-state index contributed by atoms with van der Waals surface area (Å²) >= 11 is 0. The summed E-state index contributed by atoms with van der Waals surface area (Å²) in [6.45, 7) is 4.28. The van der Waals surface area contributed by atoms with Gasteiger partial charge in [-0.15, -0.1) is 0 Å². The number of phenols is 4. The third-order valence-corrected chi connectivity index (χ3v) is 5.52. The lowest BCUT2D eigenvalue weighted by Gasteiger charge is -2.07. The normalized spacial score (nSPS) is 10.6. The largest absolute Gasteiger partial charge is 0.508 e. The maximum absolute atomic E-state index is 12.1. The number of phenolic OH excluding ortho intramolecular Hbond substituents is 4. The van der Waals surface area contributed by atoms with Crippen LogP contribution in [0.3, 0.4) is 0 Å². The van der Waals surface area contributed by atoms with E-state index < -0.39 is 22.6 Å². The lowest BCUT2D eigenvalue weighted by atomic mass is 10.1. The van der Waals surface area contributed by atoms with E-state index in [-0.39, 0.29) is 39.5 Å². The average Bonchev–Trinajstić information content (AvgIpc) is 2.88. The van der Waals surface area contributed by atoms with Crippen molar-refractivity contribution >= 4 is 21.9 Å². The lowest BCUT2D eigenvalue weighted by Crippen LogP contribution is -2.02. The van der Waals surface area contributed by atoms with Crippen LogP contribution in [0.15, 0.2) is 90.7 Å². The van der Waals surface area contributed by atoms with E-state index in [2.05, 4.69) is 0 Å². The fourth-order valence-electron chi connectivity index (χ4n) is 3.53. The van der Waals surface area contributed by atoms with Crippen molar-refractivity contribution in [2.45, 2.75) is 13.8 Å². The Balaban J connectivity index is 0.000000183. The molecule has 0 aliphatic rings. The summed E-state index contributed by atoms with van der Waals surface area (Å²) in [5, 5.41) is 48.7. The Kier molecular flexibility index (Phi) is 7.48. The SMILES string of the molecule is CC(C)=CCOc1cc2oc(=O)ccc2cc1O.O=c1c(O)c(-c2ccc(O)c(O)c2)oc2cc(O)ccc12. The molecule has 0 bridgehead atoms. The van der Waals surface area contributed by atoms with Crippen LogP contribution in [-0.2, 0) is 0 Å². The van der Waals surface area contributed by atoms with Gasteiger partial charge in [-0.05, 0) is 62.4 Å². The monoisotopic (exact) mass is 532 g/mol. The molecule has 5 aromatic rings. The van der Waals surface area contributed by atoms with Crippen molar-refractivity contribution in [3.05, 3.63) is 93.0 Å². The molecule has 0 radical (unpaired) electrons. The summed E-state index contributed by atoms with van der Waals surface area (Å²) in [5.41, 5.74) is 0.752. The van der Waals surface area contributed by atoms with Crippen LogP contribution in [0.25, 0.3) is 33.3 Å². The molecule has 0 aliphatic carbocycles. The van der Waals surface area contributed by atoms with Gasteiger partial charge in [-0.3, -0.25) is 4.79 Å². The quantitative estimate of drug-likeness (QED) is 0.119. The van der Waals surface area contributed by atoms with Gasteiger partial charge in [0.2, 0.25) is 11.2 Å². The maximum Gasteiger partial charge on any atom is 0.336 e. The van der Waals surface area contributed by atoms with Gasteiger partial charge in [0.15, 0.2) is 28.8 Å². The molecule has 0 fully saturated rings. The number of aromatic hydroxyl groups is 5. The minimum Gasteiger partial charge on any atom is -0.508 e. The molecule has 5 rings (SSSR count). The van der Waals surface area contributed by atoms with Crippen LogP contribution < -0.4 is 15.8 Å². The van der Waals surface area contributed by atoms with E-state index in [1.54, 1.807) is 6.07 Å². The molecule has 5 N–H and O–H groups in total. The van der Waals surface area contributed by atoms with Gasteiger partial charge in [0.25, 0.3) is 0 Å². The van der Waals surface area contributed by atoms with Gasteiger partial charge in [-0.2, -0.15) is 0 Å². The van der Waals surface area contributed by atoms with Gasteiger partial charge in [-0.1, -0.05) is 5.57 Å². The third kappa shape index (κ3) is 5.96. The van der Waals surface area contributed by atoms with E-state index in [1.165, 1.54) is 48.5 Å². The predicted octanol–water partition coefficient (Wildman–Crippen LogP) is 5.13. The first-order chi connectivity index (χ1) is 18.5. The zero-order valence-corrected chi connectivity index (χ0v) is 20.8. The molecule has 3 aromatic carbocycles. The van der Waals surface area contributed by atoms with Gasteiger partial charge in [0, 0.05) is 29.1 Å². The van der Waals surface area contributed by atoms with Crippen LogP contribution in [-0.4, -0.2) is 32.1 Å². The summed E-state index contributed by atoms with van der Waals surface area (Å²) in [6.07, 6.45) is 1.89. The number of hydrogen-bond donors (Lipinski definition) is 5. The first kappa shape index (κ1) is 26.7. The van der Waals surface area contributed by atoms with Crippen LogP contribution in [0.4, 0.5) is 0 Å². The molecule has 2 aromatic heterocycles. The van der Waals surface area contributed by atoms with Crippen LogP contribution >= 0.6 is 0 Å². The number of rotatable bonds is 4. The standard InChI is InChI=1S/C15H10O6.C14H14O4/c16-8-2-3-9-12(6-8)21-15(14(20)13(9)19)7-1-4-10(17)11(18)5-7;1-9(2)5-6-17-13-8-12-10(7-11(13)15)3-4-14(16)18-12/h1-6,16-18,20H;3-5,7-8,15H,6H2,1-2H3. The Morgan fingerprint density at radius 1 is 0.795 bits per heavy atom. The second kappa shape index (κ2) is 10.9. The summed E-state index contributed by atoms with van der Waals surface area (Å²) in [7, 11) is 0. The van der Waals surface area contributed by atoms with Gasteiger partial charge < -0.3 is 39.1 Å². The van der Waals surface area contributed by atoms with Crippen LogP contribution in [0.5, 0.6) is 34.5 Å². The second-order valence-corrected chi connectivity index (χ2v) is 8.70. The molecule has 0 amide bonds. The molecule has 0 saturated carbocycles. The van der Waals surface area contributed by atoms with Crippen LogP contribution in [0, 0.1) is 0 Å². The molecule has 0 spiro atoms. The molecule has 39 heavy (non-hydrogen) atoms. The van der Waals surface area contributed by atoms with E-state index in [4.69, 9.17) is 13.6 Å². The average molecular weight is 533 g/mol. The number of fused-ring (bicyclic) bond motifs is 2. The van der Waals surface area contributed by atoms with Crippen molar-refractivity contribution in [1.82, 2.24) is 0 Å². The van der Waals surface area contributed by atoms with E-state index in [0.717, 1.165) is 11.6 Å². The minimum absolute atomic E-state index is 0.0264. The van der Waals surface area contributed by atoms with Crippen molar-refractivity contribution < 1.29 is 39.1 Å². The molecule has 10 nitrogen and oxygen atoms in total. The summed E-state index contributed by atoms with van der Waals surface area (Å²) in [6, 6.07) is 13.6. The topological polar surface area (TPSA) is 171 Å².